The average molecular weight is 605 g/mol. The first-order valence-corrected chi connectivity index (χ1v) is 16.6. The molecule has 0 aliphatic carbocycles. The van der Waals surface area contributed by atoms with Crippen LogP contribution in [0.4, 0.5) is 0 Å². The Labute approximate surface area is 253 Å². The van der Waals surface area contributed by atoms with E-state index >= 15 is 0 Å². The van der Waals surface area contributed by atoms with E-state index < -0.39 is 55.4 Å². The first-order valence-electron chi connectivity index (χ1n) is 16.6. The maximum absolute atomic E-state index is 12.4. The Morgan fingerprint density at radius 1 is 0.667 bits per heavy atom. The van der Waals surface area contributed by atoms with E-state index in [2.05, 4.69) is 6.92 Å². The van der Waals surface area contributed by atoms with Crippen LogP contribution < -0.4 is 0 Å². The predicted octanol–water partition coefficient (Wildman–Crippen LogP) is 4.71. The van der Waals surface area contributed by atoms with Crippen molar-refractivity contribution < 1.29 is 49.0 Å². The normalized spacial score (nSPS) is 23.0. The molecule has 1 aliphatic heterocycles. The Balaban J connectivity index is 2.18. The first-order chi connectivity index (χ1) is 20.3. The van der Waals surface area contributed by atoms with Crippen LogP contribution in [0.15, 0.2) is 0 Å². The minimum atomic E-state index is -1.58. The first kappa shape index (κ1) is 38.7. The molecule has 0 aromatic heterocycles. The van der Waals surface area contributed by atoms with E-state index in [1.54, 1.807) is 6.92 Å². The van der Waals surface area contributed by atoms with Gasteiger partial charge in [-0.3, -0.25) is 9.59 Å². The average Bonchev–Trinajstić information content (AvgIpc) is 2.99. The lowest BCUT2D eigenvalue weighted by atomic mass is 9.99. The molecule has 0 bridgehead atoms. The largest absolute Gasteiger partial charge is 0.462 e. The summed E-state index contributed by atoms with van der Waals surface area (Å²) >= 11 is 0. The van der Waals surface area contributed by atoms with E-state index in [1.165, 1.54) is 83.5 Å². The van der Waals surface area contributed by atoms with Crippen LogP contribution in [0.25, 0.3) is 0 Å². The van der Waals surface area contributed by atoms with Gasteiger partial charge in [-0.2, -0.15) is 0 Å². The van der Waals surface area contributed by atoms with E-state index in [-0.39, 0.29) is 26.1 Å². The maximum atomic E-state index is 12.4. The van der Waals surface area contributed by atoms with Crippen molar-refractivity contribution in [1.82, 2.24) is 0 Å². The van der Waals surface area contributed by atoms with E-state index in [0.29, 0.717) is 6.42 Å². The van der Waals surface area contributed by atoms with Gasteiger partial charge in [-0.25, -0.2) is 0 Å². The highest BCUT2D eigenvalue weighted by molar-refractivity contribution is 5.70. The summed E-state index contributed by atoms with van der Waals surface area (Å²) in [5.74, 6) is -0.900. The molecule has 1 aliphatic rings. The molecule has 1 fully saturated rings. The summed E-state index contributed by atoms with van der Waals surface area (Å²) in [7, 11) is 0. The molecule has 42 heavy (non-hydrogen) atoms. The van der Waals surface area contributed by atoms with Gasteiger partial charge in [0, 0.05) is 12.8 Å². The molecule has 6 atom stereocenters. The molecule has 10 nitrogen and oxygen atoms in total. The van der Waals surface area contributed by atoms with Crippen LogP contribution in [0.3, 0.4) is 0 Å². The fraction of sp³-hybridized carbons (Fsp3) is 0.938. The van der Waals surface area contributed by atoms with Crippen molar-refractivity contribution in [2.24, 2.45) is 0 Å². The zero-order valence-corrected chi connectivity index (χ0v) is 26.3. The number of esters is 2. The third kappa shape index (κ3) is 17.7. The summed E-state index contributed by atoms with van der Waals surface area (Å²) in [4.78, 5) is 24.0. The molecule has 0 aromatic carbocycles. The van der Waals surface area contributed by atoms with Crippen LogP contribution in [-0.2, 0) is 28.5 Å². The van der Waals surface area contributed by atoms with E-state index in [9.17, 15) is 30.0 Å². The third-order valence-corrected chi connectivity index (χ3v) is 7.80. The highest BCUT2D eigenvalue weighted by Crippen LogP contribution is 2.22. The fourth-order valence-corrected chi connectivity index (χ4v) is 5.05. The van der Waals surface area contributed by atoms with Gasteiger partial charge in [0.15, 0.2) is 12.4 Å². The minimum absolute atomic E-state index is 0.160. The SMILES string of the molecule is CCCCCCCCCCCCCCCCCCCC(=O)OC(COC(=O)CC)COC1OC(CO)C(O)C(O)C1O. The Kier molecular flexibility index (Phi) is 23.1. The monoisotopic (exact) mass is 604 g/mol. The number of hydrogen-bond donors (Lipinski definition) is 4. The predicted molar refractivity (Wildman–Crippen MR) is 160 cm³/mol. The maximum Gasteiger partial charge on any atom is 0.306 e. The van der Waals surface area contributed by atoms with E-state index in [4.69, 9.17) is 18.9 Å². The number of ether oxygens (including phenoxy) is 4. The van der Waals surface area contributed by atoms with Crippen molar-refractivity contribution in [3.63, 3.8) is 0 Å². The minimum Gasteiger partial charge on any atom is -0.462 e. The number of carbonyl (C=O) groups is 2. The van der Waals surface area contributed by atoms with Gasteiger partial charge < -0.3 is 39.4 Å². The van der Waals surface area contributed by atoms with Crippen molar-refractivity contribution in [1.29, 1.82) is 0 Å². The zero-order chi connectivity index (χ0) is 31.0. The van der Waals surface area contributed by atoms with Crippen molar-refractivity contribution >= 4 is 11.9 Å². The fourth-order valence-electron chi connectivity index (χ4n) is 5.05. The number of aliphatic hydroxyl groups is 4. The second kappa shape index (κ2) is 25.1. The highest BCUT2D eigenvalue weighted by atomic mass is 16.7. The Morgan fingerprint density at radius 3 is 1.64 bits per heavy atom. The Morgan fingerprint density at radius 2 is 1.17 bits per heavy atom. The van der Waals surface area contributed by atoms with E-state index in [1.807, 2.05) is 0 Å². The number of rotatable bonds is 26. The van der Waals surface area contributed by atoms with Gasteiger partial charge in [0.2, 0.25) is 0 Å². The second-order valence-electron chi connectivity index (χ2n) is 11.6. The lowest BCUT2D eigenvalue weighted by Crippen LogP contribution is -2.59. The summed E-state index contributed by atoms with van der Waals surface area (Å²) in [5, 5.41) is 39.3. The van der Waals surface area contributed by atoms with Gasteiger partial charge in [-0.15, -0.1) is 0 Å². The van der Waals surface area contributed by atoms with Gasteiger partial charge in [0.1, 0.15) is 31.0 Å². The zero-order valence-electron chi connectivity index (χ0n) is 26.3. The molecule has 248 valence electrons. The number of aliphatic hydroxyl groups excluding tert-OH is 4. The standard InChI is InChI=1S/C32H60O10/c1-3-5-6-7-8-9-10-11-12-13-14-15-16-17-18-19-20-21-28(35)41-25(23-39-27(34)4-2)24-40-32-31(38)30(37)29(36)26(22-33)42-32/h25-26,29-33,36-38H,3-24H2,1-2H3. The molecular formula is C32H60O10. The Hall–Kier alpha value is -1.30. The Bertz CT molecular complexity index is 674. The number of unbranched alkanes of at least 4 members (excludes halogenated alkanes) is 16. The van der Waals surface area contributed by atoms with Gasteiger partial charge >= 0.3 is 11.9 Å². The molecule has 0 spiro atoms. The lowest BCUT2D eigenvalue weighted by molar-refractivity contribution is -0.305. The van der Waals surface area contributed by atoms with Gasteiger partial charge in [0.25, 0.3) is 0 Å². The number of hydrogen-bond acceptors (Lipinski definition) is 10. The summed E-state index contributed by atoms with van der Waals surface area (Å²) < 4.78 is 21.4. The van der Waals surface area contributed by atoms with Gasteiger partial charge in [0.05, 0.1) is 13.2 Å². The smallest absolute Gasteiger partial charge is 0.306 e. The second-order valence-corrected chi connectivity index (χ2v) is 11.6. The number of carbonyl (C=O) groups excluding carboxylic acids is 2. The molecular weight excluding hydrogens is 544 g/mol. The summed E-state index contributed by atoms with van der Waals surface area (Å²) in [6.45, 7) is 2.82. The lowest BCUT2D eigenvalue weighted by Gasteiger charge is -2.39. The molecule has 0 amide bonds. The third-order valence-electron chi connectivity index (χ3n) is 7.80. The van der Waals surface area contributed by atoms with Crippen LogP contribution in [0.2, 0.25) is 0 Å². The highest BCUT2D eigenvalue weighted by Gasteiger charge is 2.44. The molecule has 1 saturated heterocycles. The molecule has 1 heterocycles. The van der Waals surface area contributed by atoms with Crippen molar-refractivity contribution in [3.05, 3.63) is 0 Å². The molecule has 4 N–H and O–H groups in total. The van der Waals surface area contributed by atoms with Crippen molar-refractivity contribution in [3.8, 4) is 0 Å². The van der Waals surface area contributed by atoms with Crippen molar-refractivity contribution in [2.75, 3.05) is 19.8 Å². The summed E-state index contributed by atoms with van der Waals surface area (Å²) in [6, 6.07) is 0. The molecule has 0 radical (unpaired) electrons. The topological polar surface area (TPSA) is 152 Å². The van der Waals surface area contributed by atoms with Crippen LogP contribution in [0.1, 0.15) is 136 Å². The van der Waals surface area contributed by atoms with Crippen LogP contribution in [-0.4, -0.2) is 89.0 Å². The van der Waals surface area contributed by atoms with Gasteiger partial charge in [-0.1, -0.05) is 117 Å². The molecule has 10 heteroatoms. The molecule has 0 saturated carbocycles. The van der Waals surface area contributed by atoms with Crippen molar-refractivity contribution in [2.45, 2.75) is 173 Å². The molecule has 6 unspecified atom stereocenters. The quantitative estimate of drug-likeness (QED) is 0.0807. The van der Waals surface area contributed by atoms with Gasteiger partial charge in [-0.05, 0) is 6.42 Å². The van der Waals surface area contributed by atoms with E-state index in [0.717, 1.165) is 19.3 Å². The van der Waals surface area contributed by atoms with Crippen LogP contribution in [0, 0.1) is 0 Å². The van der Waals surface area contributed by atoms with Crippen LogP contribution >= 0.6 is 0 Å². The summed E-state index contributed by atoms with van der Waals surface area (Å²) in [5.41, 5.74) is 0. The van der Waals surface area contributed by atoms with Crippen LogP contribution in [0.5, 0.6) is 0 Å². The summed E-state index contributed by atoms with van der Waals surface area (Å²) in [6.07, 6.45) is 13.7. The molecule has 1 rings (SSSR count). The molecule has 0 aromatic rings.